The molecule has 1 nitrogen and oxygen atoms in total. The minimum absolute atomic E-state index is 0.0967. The predicted molar refractivity (Wildman–Crippen MR) is 47.9 cm³/mol. The molecule has 1 rings (SSSR count). The highest BCUT2D eigenvalue weighted by Crippen LogP contribution is 1.99. The summed E-state index contributed by atoms with van der Waals surface area (Å²) in [5.41, 5.74) is 0.643. The van der Waals surface area contributed by atoms with Crippen molar-refractivity contribution in [3.05, 3.63) is 42.0 Å². The van der Waals surface area contributed by atoms with Crippen molar-refractivity contribution in [2.45, 2.75) is 0 Å². The summed E-state index contributed by atoms with van der Waals surface area (Å²) in [4.78, 5) is 11.1. The van der Waals surface area contributed by atoms with E-state index in [0.29, 0.717) is 5.56 Å². The van der Waals surface area contributed by atoms with Gasteiger partial charge < -0.3 is 0 Å². The van der Waals surface area contributed by atoms with Gasteiger partial charge in [-0.05, 0) is 17.2 Å². The van der Waals surface area contributed by atoms with E-state index < -0.39 is 0 Å². The second kappa shape index (κ2) is 3.81. The van der Waals surface area contributed by atoms with E-state index in [4.69, 9.17) is 0 Å². The van der Waals surface area contributed by atoms with Crippen LogP contribution in [-0.2, 0) is 0 Å². The first-order chi connectivity index (χ1) is 5.34. The van der Waals surface area contributed by atoms with Gasteiger partial charge in [-0.15, -0.1) is 0 Å². The van der Waals surface area contributed by atoms with Crippen molar-refractivity contribution in [3.63, 3.8) is 0 Å². The quantitative estimate of drug-likeness (QED) is 0.376. The van der Waals surface area contributed by atoms with Crippen LogP contribution in [0.4, 0.5) is 0 Å². The fourth-order valence-corrected chi connectivity index (χ4v) is 0.846. The highest BCUT2D eigenvalue weighted by molar-refractivity contribution is 7.78. The Kier molecular flexibility index (Phi) is 2.73. The molecular formula is C9H6OS. The third-order valence-electron chi connectivity index (χ3n) is 1.25. The van der Waals surface area contributed by atoms with Crippen LogP contribution in [0.2, 0.25) is 0 Å². The Bertz CT molecular complexity index is 297. The van der Waals surface area contributed by atoms with Gasteiger partial charge in [0.05, 0.1) is 0 Å². The van der Waals surface area contributed by atoms with E-state index in [1.807, 2.05) is 18.2 Å². The number of allylic oxidation sites excluding steroid dienone is 1. The molecule has 1 aromatic rings. The van der Waals surface area contributed by atoms with E-state index in [1.165, 1.54) is 6.08 Å². The average Bonchev–Trinajstić information content (AvgIpc) is 2.07. The van der Waals surface area contributed by atoms with Crippen LogP contribution in [0.5, 0.6) is 0 Å². The highest BCUT2D eigenvalue weighted by atomic mass is 32.1. The number of thiocarbonyl (C=S) groups is 1. The Hall–Kier alpha value is -1.24. The molecule has 1 aromatic carbocycles. The van der Waals surface area contributed by atoms with Crippen LogP contribution in [0.1, 0.15) is 10.4 Å². The summed E-state index contributed by atoms with van der Waals surface area (Å²) in [6.45, 7) is 0. The van der Waals surface area contributed by atoms with Crippen LogP contribution in [0.15, 0.2) is 36.4 Å². The first-order valence-electron chi connectivity index (χ1n) is 3.15. The number of ketones is 1. The number of hydrogen-bond donors (Lipinski definition) is 0. The first-order valence-corrected chi connectivity index (χ1v) is 3.55. The van der Waals surface area contributed by atoms with Gasteiger partial charge in [0.1, 0.15) is 0 Å². The summed E-state index contributed by atoms with van der Waals surface area (Å²) in [7, 11) is 0. The van der Waals surface area contributed by atoms with E-state index in [0.717, 1.165) is 0 Å². The Morgan fingerprint density at radius 3 is 2.55 bits per heavy atom. The molecule has 0 aliphatic carbocycles. The smallest absolute Gasteiger partial charge is 0.194 e. The Balaban J connectivity index is 2.94. The maximum Gasteiger partial charge on any atom is 0.194 e. The van der Waals surface area contributed by atoms with Crippen LogP contribution < -0.4 is 0 Å². The van der Waals surface area contributed by atoms with Gasteiger partial charge >= 0.3 is 0 Å². The maximum atomic E-state index is 11.1. The monoisotopic (exact) mass is 162 g/mol. The van der Waals surface area contributed by atoms with Gasteiger partial charge in [-0.1, -0.05) is 30.3 Å². The fraction of sp³-hybridized carbons (Fsp3) is 0. The third-order valence-corrected chi connectivity index (χ3v) is 1.37. The molecule has 0 aromatic heterocycles. The molecule has 0 amide bonds. The molecule has 54 valence electrons. The standard InChI is InChI=1S/C9H6OS/c10-9(6-7-11)8-4-2-1-3-5-8/h1-6H. The van der Waals surface area contributed by atoms with Crippen molar-refractivity contribution < 1.29 is 4.79 Å². The van der Waals surface area contributed by atoms with Crippen LogP contribution in [0, 0.1) is 0 Å². The van der Waals surface area contributed by atoms with Crippen molar-refractivity contribution in [3.8, 4) is 0 Å². The maximum absolute atomic E-state index is 11.1. The van der Waals surface area contributed by atoms with E-state index >= 15 is 0 Å². The van der Waals surface area contributed by atoms with Gasteiger partial charge in [0.2, 0.25) is 0 Å². The average molecular weight is 162 g/mol. The zero-order chi connectivity index (χ0) is 8.10. The number of benzene rings is 1. The molecule has 2 heteroatoms. The Labute approximate surface area is 70.4 Å². The van der Waals surface area contributed by atoms with Crippen molar-refractivity contribution in [2.75, 3.05) is 0 Å². The lowest BCUT2D eigenvalue weighted by molar-refractivity contribution is 0.104. The molecule has 0 aliphatic rings. The molecule has 0 radical (unpaired) electrons. The van der Waals surface area contributed by atoms with Gasteiger partial charge in [0.15, 0.2) is 5.78 Å². The van der Waals surface area contributed by atoms with Gasteiger partial charge in [-0.3, -0.25) is 4.79 Å². The van der Waals surface area contributed by atoms with Crippen LogP contribution in [-0.4, -0.2) is 10.8 Å². The topological polar surface area (TPSA) is 17.1 Å². The highest BCUT2D eigenvalue weighted by Gasteiger charge is 1.97. The Morgan fingerprint density at radius 2 is 2.00 bits per heavy atom. The zero-order valence-electron chi connectivity index (χ0n) is 5.78. The van der Waals surface area contributed by atoms with E-state index in [-0.39, 0.29) is 5.78 Å². The van der Waals surface area contributed by atoms with Crippen molar-refractivity contribution in [1.82, 2.24) is 0 Å². The van der Waals surface area contributed by atoms with E-state index in [9.17, 15) is 4.79 Å². The van der Waals surface area contributed by atoms with Gasteiger partial charge in [-0.25, -0.2) is 0 Å². The molecular weight excluding hydrogens is 156 g/mol. The molecule has 11 heavy (non-hydrogen) atoms. The minimum Gasteiger partial charge on any atom is -0.289 e. The number of rotatable bonds is 2. The molecule has 0 heterocycles. The molecule has 0 spiro atoms. The molecule has 0 saturated heterocycles. The summed E-state index contributed by atoms with van der Waals surface area (Å²) in [6.07, 6.45) is 1.25. The minimum atomic E-state index is -0.0967. The number of carbonyl (C=O) groups is 1. The lowest BCUT2D eigenvalue weighted by atomic mass is 10.1. The zero-order valence-corrected chi connectivity index (χ0v) is 6.60. The lowest BCUT2D eigenvalue weighted by Gasteiger charge is -1.90. The third kappa shape index (κ3) is 2.11. The van der Waals surface area contributed by atoms with Gasteiger partial charge in [0, 0.05) is 11.6 Å². The van der Waals surface area contributed by atoms with Crippen molar-refractivity contribution in [1.29, 1.82) is 0 Å². The second-order valence-corrected chi connectivity index (χ2v) is 2.23. The van der Waals surface area contributed by atoms with Crippen molar-refractivity contribution in [2.24, 2.45) is 0 Å². The summed E-state index contributed by atoms with van der Waals surface area (Å²) < 4.78 is 0. The second-order valence-electron chi connectivity index (χ2n) is 1.99. The SMILES string of the molecule is O=C(C=C=S)c1ccccc1. The van der Waals surface area contributed by atoms with Gasteiger partial charge in [-0.2, -0.15) is 0 Å². The molecule has 0 aliphatic heterocycles. The van der Waals surface area contributed by atoms with E-state index in [1.54, 1.807) is 12.1 Å². The number of hydrogen-bond acceptors (Lipinski definition) is 2. The lowest BCUT2D eigenvalue weighted by Crippen LogP contribution is -1.92. The Morgan fingerprint density at radius 1 is 1.36 bits per heavy atom. The largest absolute Gasteiger partial charge is 0.289 e. The van der Waals surface area contributed by atoms with Crippen LogP contribution in [0.3, 0.4) is 0 Å². The van der Waals surface area contributed by atoms with Crippen LogP contribution >= 0.6 is 12.2 Å². The summed E-state index contributed by atoms with van der Waals surface area (Å²) >= 11 is 4.40. The first kappa shape index (κ1) is 7.86. The van der Waals surface area contributed by atoms with Gasteiger partial charge in [0.25, 0.3) is 0 Å². The normalized spacial score (nSPS) is 8.36. The molecule has 0 unspecified atom stereocenters. The molecule has 0 saturated carbocycles. The fourth-order valence-electron chi connectivity index (χ4n) is 0.739. The molecule has 0 N–H and O–H groups in total. The molecule has 0 fully saturated rings. The molecule has 0 bridgehead atoms. The summed E-state index contributed by atoms with van der Waals surface area (Å²) in [5, 5.41) is 2.27. The summed E-state index contributed by atoms with van der Waals surface area (Å²) in [6, 6.07) is 8.96. The van der Waals surface area contributed by atoms with Crippen LogP contribution in [0.25, 0.3) is 0 Å². The van der Waals surface area contributed by atoms with E-state index in [2.05, 4.69) is 17.2 Å². The number of carbonyl (C=O) groups excluding carboxylic acids is 1. The van der Waals surface area contributed by atoms with Crippen molar-refractivity contribution >= 4 is 23.0 Å². The summed E-state index contributed by atoms with van der Waals surface area (Å²) in [5.74, 6) is -0.0967. The predicted octanol–water partition coefficient (Wildman–Crippen LogP) is 2.02. The molecule has 0 atom stereocenters.